The molecule has 35 heavy (non-hydrogen) atoms. The Balaban J connectivity index is 0.000000247. The average molecular weight is 507 g/mol. The molecule has 1 aliphatic rings. The lowest BCUT2D eigenvalue weighted by atomic mass is 9.92. The lowest BCUT2D eigenvalue weighted by molar-refractivity contribution is -0.143. The Hall–Kier alpha value is -2.82. The van der Waals surface area contributed by atoms with Crippen LogP contribution in [0.25, 0.3) is 5.32 Å². The van der Waals surface area contributed by atoms with Crippen molar-refractivity contribution < 1.29 is 40.6 Å². The van der Waals surface area contributed by atoms with Gasteiger partial charge in [0.05, 0.1) is 17.2 Å². The maximum absolute atomic E-state index is 13.0. The van der Waals surface area contributed by atoms with Crippen LogP contribution < -0.4 is 0 Å². The Morgan fingerprint density at radius 2 is 1.60 bits per heavy atom. The van der Waals surface area contributed by atoms with Crippen LogP contribution in [0.3, 0.4) is 0 Å². The SMILES string of the molecule is C[N-][C@H](C)c1cc(C(F)(F)F)cc(C(F)(F)F)c1.Cc1cc(F)ccc1C1CCCCN1C(=O)O. The number of halogens is 7. The quantitative estimate of drug-likeness (QED) is 0.427. The lowest BCUT2D eigenvalue weighted by Crippen LogP contribution is -2.37. The standard InChI is InChI=1S/C13H16FNO2.C11H10F6N/c1-9-8-10(14)5-6-11(9)12-4-2-3-7-15(12)13(16)17;1-6(18-2)7-3-8(10(12,13)14)5-9(4-7)11(15,16)17/h5-6,8,12H,2-4,7H2,1H3,(H,16,17);3-6H,1-2H3/q;-1/t;6-/m.1/s1. The third-order valence-corrected chi connectivity index (χ3v) is 5.82. The third kappa shape index (κ3) is 7.58. The molecule has 1 fully saturated rings. The van der Waals surface area contributed by atoms with E-state index in [-0.39, 0.29) is 23.5 Å². The smallest absolute Gasteiger partial charge is 0.416 e. The topological polar surface area (TPSA) is 54.6 Å². The summed E-state index contributed by atoms with van der Waals surface area (Å²) in [6.45, 7) is 3.82. The second kappa shape index (κ2) is 11.3. The molecule has 1 N–H and O–H groups in total. The van der Waals surface area contributed by atoms with Crippen LogP contribution in [-0.4, -0.2) is 29.7 Å². The summed E-state index contributed by atoms with van der Waals surface area (Å²) in [5.74, 6) is -0.274. The van der Waals surface area contributed by atoms with E-state index in [0.717, 1.165) is 30.4 Å². The summed E-state index contributed by atoms with van der Waals surface area (Å²) in [4.78, 5) is 12.6. The maximum atomic E-state index is 13.0. The van der Waals surface area contributed by atoms with E-state index in [2.05, 4.69) is 5.32 Å². The number of benzene rings is 2. The van der Waals surface area contributed by atoms with E-state index in [9.17, 15) is 35.5 Å². The van der Waals surface area contributed by atoms with Crippen LogP contribution in [0, 0.1) is 12.7 Å². The molecule has 0 radical (unpaired) electrons. The molecular weight excluding hydrogens is 481 g/mol. The molecule has 0 saturated carbocycles. The van der Waals surface area contributed by atoms with Crippen molar-refractivity contribution in [1.82, 2.24) is 4.90 Å². The highest BCUT2D eigenvalue weighted by Gasteiger charge is 2.36. The van der Waals surface area contributed by atoms with E-state index in [4.69, 9.17) is 5.11 Å². The summed E-state index contributed by atoms with van der Waals surface area (Å²) in [6.07, 6.45) is -7.78. The molecule has 1 heterocycles. The first kappa shape index (κ1) is 28.4. The van der Waals surface area contributed by atoms with Gasteiger partial charge in [-0.2, -0.15) is 33.4 Å². The minimum Gasteiger partial charge on any atom is -0.659 e. The Morgan fingerprint density at radius 1 is 1.03 bits per heavy atom. The molecule has 3 rings (SSSR count). The molecule has 0 spiro atoms. The van der Waals surface area contributed by atoms with E-state index in [1.165, 1.54) is 31.0 Å². The van der Waals surface area contributed by atoms with Gasteiger partial charge in [-0.1, -0.05) is 18.6 Å². The number of likely N-dealkylation sites (tertiary alicyclic amines) is 1. The van der Waals surface area contributed by atoms with Gasteiger partial charge in [0.25, 0.3) is 0 Å². The van der Waals surface area contributed by atoms with Crippen molar-refractivity contribution in [2.24, 2.45) is 0 Å². The summed E-state index contributed by atoms with van der Waals surface area (Å²) in [7, 11) is 1.33. The van der Waals surface area contributed by atoms with E-state index in [1.807, 2.05) is 6.92 Å². The van der Waals surface area contributed by atoms with Crippen molar-refractivity contribution in [3.05, 3.63) is 75.3 Å². The fourth-order valence-corrected chi connectivity index (χ4v) is 3.87. The molecule has 194 valence electrons. The largest absolute Gasteiger partial charge is 0.659 e. The average Bonchev–Trinajstić information content (AvgIpc) is 2.77. The van der Waals surface area contributed by atoms with Crippen LogP contribution in [0.5, 0.6) is 0 Å². The predicted molar refractivity (Wildman–Crippen MR) is 117 cm³/mol. The number of carboxylic acid groups (broad SMARTS) is 1. The molecular formula is C24H26F7N2O2-. The molecule has 2 aromatic rings. The number of carbonyl (C=O) groups is 1. The van der Waals surface area contributed by atoms with Gasteiger partial charge in [0.15, 0.2) is 0 Å². The molecule has 0 aliphatic carbocycles. The Kier molecular flexibility index (Phi) is 9.16. The van der Waals surface area contributed by atoms with Gasteiger partial charge in [-0.05, 0) is 67.6 Å². The van der Waals surface area contributed by atoms with Crippen LogP contribution >= 0.6 is 0 Å². The van der Waals surface area contributed by atoms with E-state index in [0.29, 0.717) is 18.7 Å². The van der Waals surface area contributed by atoms with Crippen LogP contribution in [-0.2, 0) is 12.4 Å². The first-order chi connectivity index (χ1) is 16.1. The highest BCUT2D eigenvalue weighted by Crippen LogP contribution is 2.38. The van der Waals surface area contributed by atoms with Gasteiger partial charge in [0.1, 0.15) is 5.82 Å². The van der Waals surface area contributed by atoms with Crippen LogP contribution in [0.2, 0.25) is 0 Å². The molecule has 0 aromatic heterocycles. The summed E-state index contributed by atoms with van der Waals surface area (Å²) in [5, 5.41) is 12.8. The van der Waals surface area contributed by atoms with Crippen molar-refractivity contribution in [3.63, 3.8) is 0 Å². The van der Waals surface area contributed by atoms with Gasteiger partial charge in [0, 0.05) is 6.54 Å². The Bertz CT molecular complexity index is 990. The number of aryl methyl sites for hydroxylation is 1. The van der Waals surface area contributed by atoms with Gasteiger partial charge in [-0.25, -0.2) is 9.18 Å². The summed E-state index contributed by atoms with van der Waals surface area (Å²) < 4.78 is 88.1. The predicted octanol–water partition coefficient (Wildman–Crippen LogP) is 8.13. The Morgan fingerprint density at radius 3 is 2.06 bits per heavy atom. The fourth-order valence-electron chi connectivity index (χ4n) is 3.87. The first-order valence-electron chi connectivity index (χ1n) is 10.8. The highest BCUT2D eigenvalue weighted by atomic mass is 19.4. The summed E-state index contributed by atoms with van der Waals surface area (Å²) >= 11 is 0. The van der Waals surface area contributed by atoms with Gasteiger partial charge < -0.3 is 15.3 Å². The number of hydrogen-bond acceptors (Lipinski definition) is 1. The first-order valence-corrected chi connectivity index (χ1v) is 10.8. The Labute approximate surface area is 198 Å². The number of nitrogens with zero attached hydrogens (tertiary/aromatic N) is 2. The van der Waals surface area contributed by atoms with Crippen LogP contribution in [0.4, 0.5) is 35.5 Å². The molecule has 2 aromatic carbocycles. The molecule has 0 bridgehead atoms. The van der Waals surface area contributed by atoms with Crippen LogP contribution in [0.15, 0.2) is 36.4 Å². The zero-order chi connectivity index (χ0) is 26.6. The monoisotopic (exact) mass is 507 g/mol. The van der Waals surface area contributed by atoms with Gasteiger partial charge in [-0.15, -0.1) is 6.04 Å². The fraction of sp³-hybridized carbons (Fsp3) is 0.458. The van der Waals surface area contributed by atoms with Crippen molar-refractivity contribution in [2.45, 2.75) is 57.5 Å². The zero-order valence-electron chi connectivity index (χ0n) is 19.3. The third-order valence-electron chi connectivity index (χ3n) is 5.82. The van der Waals surface area contributed by atoms with E-state index < -0.39 is 35.6 Å². The van der Waals surface area contributed by atoms with Crippen molar-refractivity contribution in [3.8, 4) is 0 Å². The molecule has 1 aliphatic heterocycles. The number of hydrogen-bond donors (Lipinski definition) is 1. The van der Waals surface area contributed by atoms with Crippen molar-refractivity contribution in [2.75, 3.05) is 13.6 Å². The number of alkyl halides is 6. The second-order valence-electron chi connectivity index (χ2n) is 8.26. The van der Waals surface area contributed by atoms with E-state index >= 15 is 0 Å². The molecule has 1 saturated heterocycles. The molecule has 1 unspecified atom stereocenters. The number of piperidine rings is 1. The minimum atomic E-state index is -4.82. The molecule has 11 heteroatoms. The van der Waals surface area contributed by atoms with Crippen molar-refractivity contribution >= 4 is 6.09 Å². The molecule has 4 nitrogen and oxygen atoms in total. The molecule has 2 atom stereocenters. The summed E-state index contributed by atoms with van der Waals surface area (Å²) in [5.41, 5.74) is -0.998. The summed E-state index contributed by atoms with van der Waals surface area (Å²) in [6, 6.07) is 5.19. The van der Waals surface area contributed by atoms with E-state index in [1.54, 1.807) is 6.07 Å². The second-order valence-corrected chi connectivity index (χ2v) is 8.26. The maximum Gasteiger partial charge on any atom is 0.416 e. The highest BCUT2D eigenvalue weighted by molar-refractivity contribution is 5.66. The number of rotatable bonds is 3. The molecule has 1 amide bonds. The van der Waals surface area contributed by atoms with Crippen LogP contribution in [0.1, 0.15) is 66.1 Å². The van der Waals surface area contributed by atoms with Crippen molar-refractivity contribution in [1.29, 1.82) is 0 Å². The van der Waals surface area contributed by atoms with Gasteiger partial charge >= 0.3 is 18.4 Å². The zero-order valence-corrected chi connectivity index (χ0v) is 19.3. The van der Waals surface area contributed by atoms with Gasteiger partial charge in [-0.3, -0.25) is 0 Å². The van der Waals surface area contributed by atoms with Gasteiger partial charge in [0.2, 0.25) is 0 Å². The lowest BCUT2D eigenvalue weighted by Gasteiger charge is -2.34. The minimum absolute atomic E-state index is 0.103. The number of amides is 1. The normalized spacial score (nSPS) is 17.4.